The van der Waals surface area contributed by atoms with Gasteiger partial charge < -0.3 is 33.5 Å². The van der Waals surface area contributed by atoms with Crippen LogP contribution in [0.1, 0.15) is 83.1 Å². The van der Waals surface area contributed by atoms with E-state index in [-0.39, 0.29) is 36.7 Å². The number of methoxy groups -OCH3 is 1. The molecule has 1 aliphatic rings. The van der Waals surface area contributed by atoms with Crippen molar-refractivity contribution in [1.29, 1.82) is 0 Å². The third-order valence-electron chi connectivity index (χ3n) is 10.6. The van der Waals surface area contributed by atoms with Gasteiger partial charge in [0, 0.05) is 38.4 Å². The first-order chi connectivity index (χ1) is 26.2. The molecule has 3 aromatic carbocycles. The van der Waals surface area contributed by atoms with Gasteiger partial charge in [-0.25, -0.2) is 4.79 Å². The second kappa shape index (κ2) is 19.3. The molecule has 0 spiro atoms. The van der Waals surface area contributed by atoms with Gasteiger partial charge in [-0.1, -0.05) is 62.2 Å². The van der Waals surface area contributed by atoms with Crippen LogP contribution < -0.4 is 13.9 Å². The Labute approximate surface area is 345 Å². The van der Waals surface area contributed by atoms with Crippen molar-refractivity contribution >= 4 is 43.5 Å². The van der Waals surface area contributed by atoms with Crippen LogP contribution in [0.25, 0.3) is 0 Å². The third kappa shape index (κ3) is 13.0. The maximum Gasteiger partial charge on any atom is 0.407 e. The summed E-state index contributed by atoms with van der Waals surface area (Å²) in [5.41, 5.74) is 3.31. The highest BCUT2D eigenvalue weighted by Gasteiger charge is 2.40. The van der Waals surface area contributed by atoms with E-state index in [0.717, 1.165) is 53.7 Å². The summed E-state index contributed by atoms with van der Waals surface area (Å²) in [6.45, 7) is 20.3. The number of carboxylic acid groups (broad SMARTS) is 1. The van der Waals surface area contributed by atoms with Gasteiger partial charge in [0.05, 0.1) is 16.0 Å². The maximum absolute atomic E-state index is 14.8. The van der Waals surface area contributed by atoms with Crippen molar-refractivity contribution in [2.45, 2.75) is 117 Å². The number of amides is 2. The molecule has 1 unspecified atom stereocenters. The normalized spacial score (nSPS) is 13.9. The SMILES string of the molecule is COCCCc1cc(CN(C(=O)C(Cc2ccc(OCCOc3c(Cl)cc(C)cc3Cl)cc2)CN(C(=O)O)C(C)(C)C)C2CC2)cc(O[Si](C)(C)C(C)(C)C)c1. The number of aryl methyl sites for hydroxylation is 2. The number of ether oxygens (including phenoxy) is 3. The summed E-state index contributed by atoms with van der Waals surface area (Å²) in [5.74, 6) is 1.24. The fourth-order valence-corrected chi connectivity index (χ4v) is 8.04. The summed E-state index contributed by atoms with van der Waals surface area (Å²) < 4.78 is 23.9. The van der Waals surface area contributed by atoms with Crippen molar-refractivity contribution in [3.63, 3.8) is 0 Å². The maximum atomic E-state index is 14.8. The number of halogens is 2. The summed E-state index contributed by atoms with van der Waals surface area (Å²) in [6, 6.07) is 17.7. The second-order valence-electron chi connectivity index (χ2n) is 17.5. The molecular weight excluding hydrogens is 767 g/mol. The van der Waals surface area contributed by atoms with Crippen molar-refractivity contribution in [2.75, 3.05) is 33.5 Å². The topological polar surface area (TPSA) is 97.8 Å². The Morgan fingerprint density at radius 3 is 2.02 bits per heavy atom. The molecule has 0 aromatic heterocycles. The van der Waals surface area contributed by atoms with Gasteiger partial charge >= 0.3 is 6.09 Å². The van der Waals surface area contributed by atoms with E-state index in [0.29, 0.717) is 41.1 Å². The van der Waals surface area contributed by atoms with Crippen LogP contribution in [0.2, 0.25) is 28.2 Å². The van der Waals surface area contributed by atoms with Gasteiger partial charge in [-0.15, -0.1) is 0 Å². The van der Waals surface area contributed by atoms with Crippen LogP contribution in [0.4, 0.5) is 4.79 Å². The van der Waals surface area contributed by atoms with Crippen LogP contribution in [0.15, 0.2) is 54.6 Å². The molecule has 0 bridgehead atoms. The van der Waals surface area contributed by atoms with E-state index in [1.54, 1.807) is 19.2 Å². The molecule has 0 saturated heterocycles. The summed E-state index contributed by atoms with van der Waals surface area (Å²) in [7, 11) is -0.423. The molecule has 2 amide bonds. The Bertz CT molecular complexity index is 1760. The first kappa shape index (κ1) is 45.3. The lowest BCUT2D eigenvalue weighted by molar-refractivity contribution is -0.137. The van der Waals surface area contributed by atoms with Gasteiger partial charge in [-0.3, -0.25) is 4.79 Å². The van der Waals surface area contributed by atoms with Crippen molar-refractivity contribution in [2.24, 2.45) is 5.92 Å². The molecule has 12 heteroatoms. The lowest BCUT2D eigenvalue weighted by Crippen LogP contribution is -2.51. The molecule has 0 heterocycles. The lowest BCUT2D eigenvalue weighted by atomic mass is 9.94. The summed E-state index contributed by atoms with van der Waals surface area (Å²) >= 11 is 12.6. The Kier molecular flexibility index (Phi) is 15.6. The first-order valence-electron chi connectivity index (χ1n) is 19.6. The first-order valence-corrected chi connectivity index (χ1v) is 23.3. The molecule has 1 fully saturated rings. The summed E-state index contributed by atoms with van der Waals surface area (Å²) in [5, 5.41) is 11.2. The highest BCUT2D eigenvalue weighted by Crippen LogP contribution is 2.39. The zero-order valence-corrected chi connectivity index (χ0v) is 37.5. The van der Waals surface area contributed by atoms with Crippen LogP contribution in [0.5, 0.6) is 17.2 Å². The fraction of sp³-hybridized carbons (Fsp3) is 0.545. The quantitative estimate of drug-likeness (QED) is 0.0949. The summed E-state index contributed by atoms with van der Waals surface area (Å²) in [4.78, 5) is 30.7. The Hall–Kier alpha value is -3.44. The van der Waals surface area contributed by atoms with E-state index in [2.05, 4.69) is 52.1 Å². The predicted molar refractivity (Wildman–Crippen MR) is 228 cm³/mol. The van der Waals surface area contributed by atoms with Crippen molar-refractivity contribution < 1.29 is 33.3 Å². The van der Waals surface area contributed by atoms with E-state index in [1.807, 2.05) is 56.9 Å². The molecular formula is C44H62Cl2N2O7Si. The van der Waals surface area contributed by atoms with Gasteiger partial charge in [0.2, 0.25) is 14.2 Å². The molecule has 3 aromatic rings. The zero-order chi connectivity index (χ0) is 41.4. The van der Waals surface area contributed by atoms with E-state index in [9.17, 15) is 14.7 Å². The number of carbonyl (C=O) groups is 2. The molecule has 1 N–H and O–H groups in total. The zero-order valence-electron chi connectivity index (χ0n) is 35.0. The lowest BCUT2D eigenvalue weighted by Gasteiger charge is -2.37. The Balaban J connectivity index is 1.56. The number of benzene rings is 3. The number of rotatable bonds is 19. The van der Waals surface area contributed by atoms with Crippen molar-refractivity contribution in [3.8, 4) is 17.2 Å². The molecule has 0 aliphatic heterocycles. The Morgan fingerprint density at radius 1 is 0.857 bits per heavy atom. The standard InChI is InChI=1S/C44H62Cl2N2O7Si/c1-30-22-38(45)40(39(46)23-30)54-21-20-53-36-17-13-31(14-18-36)25-34(29-48(42(50)51)43(2,3)4)41(49)47(35-15-16-35)28-33-24-32(12-11-19-52-8)26-37(27-33)55-56(9,10)44(5,6)7/h13-14,17-18,22-24,26-27,34-35H,11-12,15-16,19-21,25,28-29H2,1-10H3,(H,50,51). The molecule has 1 aliphatic carbocycles. The minimum atomic E-state index is -2.13. The average Bonchev–Trinajstić information content (AvgIpc) is 3.93. The van der Waals surface area contributed by atoms with Crippen LogP contribution in [-0.2, 0) is 28.9 Å². The van der Waals surface area contributed by atoms with E-state index >= 15 is 0 Å². The van der Waals surface area contributed by atoms with Crippen molar-refractivity contribution in [3.05, 3.63) is 86.9 Å². The van der Waals surface area contributed by atoms with Crippen LogP contribution in [0, 0.1) is 12.8 Å². The molecule has 308 valence electrons. The molecule has 0 radical (unpaired) electrons. The van der Waals surface area contributed by atoms with Gasteiger partial charge in [-0.2, -0.15) is 0 Å². The molecule has 56 heavy (non-hydrogen) atoms. The fourth-order valence-electron chi connectivity index (χ4n) is 6.32. The van der Waals surface area contributed by atoms with Gasteiger partial charge in [0.25, 0.3) is 0 Å². The van der Waals surface area contributed by atoms with Crippen LogP contribution in [0.3, 0.4) is 0 Å². The second-order valence-corrected chi connectivity index (χ2v) is 23.0. The van der Waals surface area contributed by atoms with Crippen molar-refractivity contribution in [1.82, 2.24) is 9.80 Å². The smallest absolute Gasteiger partial charge is 0.407 e. The van der Waals surface area contributed by atoms with Crippen LogP contribution in [-0.4, -0.2) is 80.3 Å². The third-order valence-corrected chi connectivity index (χ3v) is 15.5. The predicted octanol–water partition coefficient (Wildman–Crippen LogP) is 10.9. The van der Waals surface area contributed by atoms with Gasteiger partial charge in [-0.05, 0) is 137 Å². The highest BCUT2D eigenvalue weighted by atomic mass is 35.5. The van der Waals surface area contributed by atoms with E-state index < -0.39 is 25.9 Å². The van der Waals surface area contributed by atoms with Gasteiger partial charge in [0.1, 0.15) is 24.7 Å². The Morgan fingerprint density at radius 2 is 1.46 bits per heavy atom. The summed E-state index contributed by atoms with van der Waals surface area (Å²) in [6.07, 6.45) is 2.85. The highest BCUT2D eigenvalue weighted by molar-refractivity contribution is 6.74. The van der Waals surface area contributed by atoms with E-state index in [4.69, 9.17) is 41.8 Å². The van der Waals surface area contributed by atoms with Crippen LogP contribution >= 0.6 is 23.2 Å². The number of nitrogens with zero attached hydrogens (tertiary/aromatic N) is 2. The number of carbonyl (C=O) groups excluding carboxylic acids is 1. The monoisotopic (exact) mass is 828 g/mol. The van der Waals surface area contributed by atoms with E-state index in [1.165, 1.54) is 4.90 Å². The van der Waals surface area contributed by atoms with Gasteiger partial charge in [0.15, 0.2) is 5.75 Å². The number of hydrogen-bond donors (Lipinski definition) is 1. The minimum absolute atomic E-state index is 0.0234. The molecule has 1 saturated carbocycles. The average molecular weight is 830 g/mol. The molecule has 4 rings (SSSR count). The molecule has 1 atom stereocenters. The number of hydrogen-bond acceptors (Lipinski definition) is 6. The molecule has 9 nitrogen and oxygen atoms in total. The largest absolute Gasteiger partial charge is 0.543 e. The minimum Gasteiger partial charge on any atom is -0.543 e.